The van der Waals surface area contributed by atoms with Crippen molar-refractivity contribution in [2.45, 2.75) is 10.1 Å². The maximum absolute atomic E-state index is 11.6. The van der Waals surface area contributed by atoms with Crippen LogP contribution in [0.15, 0.2) is 47.4 Å². The minimum absolute atomic E-state index is 0.236. The van der Waals surface area contributed by atoms with Gasteiger partial charge in [-0.1, -0.05) is 30.3 Å². The van der Waals surface area contributed by atoms with Crippen LogP contribution in [0.1, 0.15) is 0 Å². The molecule has 19 heavy (non-hydrogen) atoms. The number of rotatable bonds is 5. The predicted molar refractivity (Wildman–Crippen MR) is 77.8 cm³/mol. The van der Waals surface area contributed by atoms with E-state index in [2.05, 4.69) is 17.6 Å². The highest BCUT2D eigenvalue weighted by Crippen LogP contribution is 2.27. The Balaban J connectivity index is 2.21. The van der Waals surface area contributed by atoms with Crippen LogP contribution in [0.5, 0.6) is 0 Å². The van der Waals surface area contributed by atoms with Crippen LogP contribution >= 0.6 is 11.8 Å². The molecule has 0 aliphatic heterocycles. The zero-order valence-corrected chi connectivity index (χ0v) is 11.4. The van der Waals surface area contributed by atoms with Gasteiger partial charge in [0, 0.05) is 12.0 Å². The summed E-state index contributed by atoms with van der Waals surface area (Å²) in [5, 5.41) is 1.98. The topological polar surface area (TPSA) is 64.3 Å². The van der Waals surface area contributed by atoms with Crippen molar-refractivity contribution in [3.05, 3.63) is 42.5 Å². The van der Waals surface area contributed by atoms with Crippen molar-refractivity contribution in [3.8, 4) is 0 Å². The SMILES string of the molecule is COCC(Sc1ccc2ccccc2c1)C(=O)NN. The van der Waals surface area contributed by atoms with E-state index in [1.807, 2.05) is 30.3 Å². The molecule has 0 aromatic heterocycles. The molecule has 0 bridgehead atoms. The molecule has 2 rings (SSSR count). The van der Waals surface area contributed by atoms with E-state index in [9.17, 15) is 4.79 Å². The van der Waals surface area contributed by atoms with Crippen molar-refractivity contribution in [1.29, 1.82) is 0 Å². The number of fused-ring (bicyclic) bond motifs is 1. The molecular weight excluding hydrogens is 260 g/mol. The van der Waals surface area contributed by atoms with Gasteiger partial charge in [0.25, 0.3) is 0 Å². The summed E-state index contributed by atoms with van der Waals surface area (Å²) in [5.74, 6) is 4.94. The van der Waals surface area contributed by atoms with Crippen molar-refractivity contribution in [3.63, 3.8) is 0 Å². The van der Waals surface area contributed by atoms with Crippen LogP contribution in [-0.2, 0) is 9.53 Å². The average Bonchev–Trinajstić information content (AvgIpc) is 2.46. The molecule has 1 atom stereocenters. The second-order valence-corrected chi connectivity index (χ2v) is 5.36. The van der Waals surface area contributed by atoms with Crippen molar-refractivity contribution in [2.75, 3.05) is 13.7 Å². The van der Waals surface area contributed by atoms with Crippen LogP contribution in [0.25, 0.3) is 10.8 Å². The highest BCUT2D eigenvalue weighted by molar-refractivity contribution is 8.00. The van der Waals surface area contributed by atoms with Gasteiger partial charge in [-0.15, -0.1) is 11.8 Å². The molecule has 1 unspecified atom stereocenters. The van der Waals surface area contributed by atoms with Gasteiger partial charge in [0.05, 0.1) is 6.61 Å². The van der Waals surface area contributed by atoms with Gasteiger partial charge in [-0.25, -0.2) is 5.84 Å². The van der Waals surface area contributed by atoms with Gasteiger partial charge in [-0.05, 0) is 22.9 Å². The number of benzene rings is 2. The first-order valence-corrected chi connectivity index (χ1v) is 6.77. The summed E-state index contributed by atoms with van der Waals surface area (Å²) < 4.78 is 5.05. The number of nitrogens with one attached hydrogen (secondary N) is 1. The number of hydrazine groups is 1. The van der Waals surface area contributed by atoms with Crippen LogP contribution < -0.4 is 11.3 Å². The lowest BCUT2D eigenvalue weighted by Gasteiger charge is -2.14. The molecular formula is C14H16N2O2S. The van der Waals surface area contributed by atoms with Gasteiger partial charge in [-0.3, -0.25) is 10.2 Å². The third-order valence-electron chi connectivity index (χ3n) is 2.75. The van der Waals surface area contributed by atoms with Gasteiger partial charge in [0.2, 0.25) is 5.91 Å². The van der Waals surface area contributed by atoms with E-state index in [0.29, 0.717) is 6.61 Å². The monoisotopic (exact) mass is 276 g/mol. The van der Waals surface area contributed by atoms with E-state index in [0.717, 1.165) is 10.3 Å². The fourth-order valence-corrected chi connectivity index (χ4v) is 2.86. The number of nitrogens with two attached hydrogens (primary N) is 1. The summed E-state index contributed by atoms with van der Waals surface area (Å²) in [6.45, 7) is 0.320. The van der Waals surface area contributed by atoms with E-state index in [1.54, 1.807) is 7.11 Å². The fourth-order valence-electron chi connectivity index (χ4n) is 1.81. The smallest absolute Gasteiger partial charge is 0.249 e. The summed E-state index contributed by atoms with van der Waals surface area (Å²) in [7, 11) is 1.57. The van der Waals surface area contributed by atoms with Crippen LogP contribution in [0.3, 0.4) is 0 Å². The zero-order chi connectivity index (χ0) is 13.7. The Bertz CT molecular complexity index is 574. The number of hydrogen-bond acceptors (Lipinski definition) is 4. The molecule has 0 fully saturated rings. The molecule has 2 aromatic rings. The number of ether oxygens (including phenoxy) is 1. The maximum Gasteiger partial charge on any atom is 0.249 e. The van der Waals surface area contributed by atoms with Gasteiger partial charge >= 0.3 is 0 Å². The van der Waals surface area contributed by atoms with Crippen molar-refractivity contribution < 1.29 is 9.53 Å². The molecule has 5 heteroatoms. The lowest BCUT2D eigenvalue weighted by Crippen LogP contribution is -2.39. The summed E-state index contributed by atoms with van der Waals surface area (Å²) in [4.78, 5) is 12.7. The Morgan fingerprint density at radius 3 is 2.74 bits per heavy atom. The Hall–Kier alpha value is -1.56. The van der Waals surface area contributed by atoms with E-state index < -0.39 is 0 Å². The number of carbonyl (C=O) groups excluding carboxylic acids is 1. The predicted octanol–water partition coefficient (Wildman–Crippen LogP) is 1.94. The quantitative estimate of drug-likeness (QED) is 0.379. The largest absolute Gasteiger partial charge is 0.383 e. The van der Waals surface area contributed by atoms with Gasteiger partial charge in [0.1, 0.15) is 5.25 Å². The van der Waals surface area contributed by atoms with Gasteiger partial charge in [-0.2, -0.15) is 0 Å². The number of carbonyl (C=O) groups is 1. The highest BCUT2D eigenvalue weighted by Gasteiger charge is 2.18. The average molecular weight is 276 g/mol. The summed E-state index contributed by atoms with van der Waals surface area (Å²) >= 11 is 1.44. The van der Waals surface area contributed by atoms with E-state index >= 15 is 0 Å². The van der Waals surface area contributed by atoms with Crippen LogP contribution in [0, 0.1) is 0 Å². The normalized spacial score (nSPS) is 12.3. The maximum atomic E-state index is 11.6. The second kappa shape index (κ2) is 6.56. The van der Waals surface area contributed by atoms with Crippen molar-refractivity contribution in [1.82, 2.24) is 5.43 Å². The fraction of sp³-hybridized carbons (Fsp3) is 0.214. The molecule has 0 aliphatic rings. The standard InChI is InChI=1S/C14H16N2O2S/c1-18-9-13(14(17)16-15)19-12-7-6-10-4-2-3-5-11(10)8-12/h2-8,13H,9,15H2,1H3,(H,16,17). The Labute approximate surface area is 116 Å². The number of amides is 1. The molecule has 0 aliphatic carbocycles. The van der Waals surface area contributed by atoms with E-state index in [4.69, 9.17) is 10.6 Å². The molecule has 0 radical (unpaired) electrons. The zero-order valence-electron chi connectivity index (χ0n) is 10.6. The molecule has 3 N–H and O–H groups in total. The number of thioether (sulfide) groups is 1. The first-order chi connectivity index (χ1) is 9.24. The molecule has 0 saturated heterocycles. The molecule has 2 aromatic carbocycles. The Morgan fingerprint density at radius 2 is 2.05 bits per heavy atom. The Kier molecular flexibility index (Phi) is 4.79. The van der Waals surface area contributed by atoms with Crippen LogP contribution in [0.4, 0.5) is 0 Å². The lowest BCUT2D eigenvalue weighted by atomic mass is 10.1. The molecule has 0 saturated carbocycles. The van der Waals surface area contributed by atoms with Crippen molar-refractivity contribution >= 4 is 28.4 Å². The van der Waals surface area contributed by atoms with Gasteiger partial charge in [0.15, 0.2) is 0 Å². The highest BCUT2D eigenvalue weighted by atomic mass is 32.2. The lowest BCUT2D eigenvalue weighted by molar-refractivity contribution is -0.121. The molecule has 4 nitrogen and oxygen atoms in total. The first kappa shape index (κ1) is 13.9. The van der Waals surface area contributed by atoms with Crippen LogP contribution in [0.2, 0.25) is 0 Å². The summed E-state index contributed by atoms with van der Waals surface area (Å²) in [6.07, 6.45) is 0. The van der Waals surface area contributed by atoms with Crippen LogP contribution in [-0.4, -0.2) is 24.9 Å². The molecule has 0 spiro atoms. The number of hydrogen-bond donors (Lipinski definition) is 2. The third kappa shape index (κ3) is 3.47. The Morgan fingerprint density at radius 1 is 1.32 bits per heavy atom. The summed E-state index contributed by atoms with van der Waals surface area (Å²) in [5.41, 5.74) is 2.17. The number of methoxy groups -OCH3 is 1. The van der Waals surface area contributed by atoms with Crippen molar-refractivity contribution in [2.24, 2.45) is 5.84 Å². The molecule has 100 valence electrons. The third-order valence-corrected chi connectivity index (χ3v) is 3.91. The molecule has 1 amide bonds. The van der Waals surface area contributed by atoms with E-state index in [-0.39, 0.29) is 11.2 Å². The van der Waals surface area contributed by atoms with E-state index in [1.165, 1.54) is 17.1 Å². The summed E-state index contributed by atoms with van der Waals surface area (Å²) in [6, 6.07) is 14.2. The minimum Gasteiger partial charge on any atom is -0.383 e. The molecule has 0 heterocycles. The minimum atomic E-state index is -0.351. The van der Waals surface area contributed by atoms with Gasteiger partial charge < -0.3 is 4.74 Å². The second-order valence-electron chi connectivity index (χ2n) is 4.08. The first-order valence-electron chi connectivity index (χ1n) is 5.89.